The Hall–Kier alpha value is -3.26. The summed E-state index contributed by atoms with van der Waals surface area (Å²) in [6.45, 7) is 2.12. The van der Waals surface area contributed by atoms with Crippen LogP contribution in [0.25, 0.3) is 0 Å². The molecule has 0 atom stereocenters. The number of amides is 2. The van der Waals surface area contributed by atoms with Gasteiger partial charge in [0.2, 0.25) is 0 Å². The molecule has 0 bridgehead atoms. The van der Waals surface area contributed by atoms with Gasteiger partial charge >= 0.3 is 0 Å². The largest absolute Gasteiger partial charge is 0.507 e. The third kappa shape index (κ3) is 6.39. The Morgan fingerprint density at radius 3 is 2.62 bits per heavy atom. The van der Waals surface area contributed by atoms with Gasteiger partial charge in [-0.15, -0.1) is 0 Å². The van der Waals surface area contributed by atoms with E-state index in [1.807, 2.05) is 6.92 Å². The van der Waals surface area contributed by atoms with Crippen molar-refractivity contribution >= 4 is 29.6 Å². The summed E-state index contributed by atoms with van der Waals surface area (Å²) in [5.74, 6) is -0.109. The van der Waals surface area contributed by atoms with Gasteiger partial charge in [0, 0.05) is 19.1 Å². The first-order valence-corrected chi connectivity index (χ1v) is 9.11. The van der Waals surface area contributed by atoms with Crippen LogP contribution in [0.15, 0.2) is 41.5 Å². The lowest BCUT2D eigenvalue weighted by atomic mass is 10.2. The molecule has 0 unspecified atom stereocenters. The molecule has 2 aromatic rings. The van der Waals surface area contributed by atoms with E-state index < -0.39 is 5.91 Å². The van der Waals surface area contributed by atoms with Crippen LogP contribution in [0.2, 0.25) is 5.02 Å². The molecule has 8 nitrogen and oxygen atoms in total. The maximum atomic E-state index is 12.1. The van der Waals surface area contributed by atoms with Crippen LogP contribution in [0.4, 0.5) is 0 Å². The van der Waals surface area contributed by atoms with E-state index in [0.717, 1.165) is 0 Å². The molecule has 0 aliphatic rings. The number of hydrogen-bond acceptors (Lipinski definition) is 6. The van der Waals surface area contributed by atoms with E-state index in [9.17, 15) is 14.7 Å². The number of hydrogen-bond donors (Lipinski definition) is 2. The Kier molecular flexibility index (Phi) is 7.85. The summed E-state index contributed by atoms with van der Waals surface area (Å²) < 4.78 is 11.1. The van der Waals surface area contributed by atoms with Crippen molar-refractivity contribution in [3.8, 4) is 17.2 Å². The predicted molar refractivity (Wildman–Crippen MR) is 110 cm³/mol. The molecule has 0 saturated carbocycles. The van der Waals surface area contributed by atoms with E-state index in [2.05, 4.69) is 10.5 Å². The molecule has 0 aromatic heterocycles. The van der Waals surface area contributed by atoms with E-state index in [4.69, 9.17) is 21.1 Å². The molecular formula is C20H22ClN3O5. The molecule has 0 saturated heterocycles. The summed E-state index contributed by atoms with van der Waals surface area (Å²) in [4.78, 5) is 25.2. The fourth-order valence-electron chi connectivity index (χ4n) is 2.18. The first-order valence-electron chi connectivity index (χ1n) is 8.73. The number of carbonyl (C=O) groups is 2. The van der Waals surface area contributed by atoms with Crippen molar-refractivity contribution in [2.45, 2.75) is 6.92 Å². The number of likely N-dealkylation sites (N-methyl/N-ethyl adjacent to an activating group) is 1. The number of benzene rings is 2. The average molecular weight is 420 g/mol. The van der Waals surface area contributed by atoms with Crippen LogP contribution < -0.4 is 14.9 Å². The maximum absolute atomic E-state index is 12.1. The van der Waals surface area contributed by atoms with Crippen molar-refractivity contribution < 1.29 is 24.2 Å². The van der Waals surface area contributed by atoms with Crippen molar-refractivity contribution in [3.05, 3.63) is 52.5 Å². The number of rotatable bonds is 8. The summed E-state index contributed by atoms with van der Waals surface area (Å²) in [7, 11) is 3.29. The summed E-state index contributed by atoms with van der Waals surface area (Å²) in [5.41, 5.74) is 2.97. The van der Waals surface area contributed by atoms with Crippen molar-refractivity contribution in [2.75, 3.05) is 27.3 Å². The molecule has 0 radical (unpaired) electrons. The van der Waals surface area contributed by atoms with Crippen LogP contribution in [-0.2, 0) is 4.79 Å². The molecule has 9 heteroatoms. The van der Waals surface area contributed by atoms with E-state index in [1.54, 1.807) is 32.3 Å². The lowest BCUT2D eigenvalue weighted by Crippen LogP contribution is -2.27. The minimum Gasteiger partial charge on any atom is -0.507 e. The van der Waals surface area contributed by atoms with Crippen molar-refractivity contribution in [1.29, 1.82) is 0 Å². The SMILES string of the molecule is CCOc1cc(/C=N\NC(=O)c2cc(Cl)ccc2O)ccc1OCC(=O)N(C)C. The normalized spacial score (nSPS) is 10.6. The van der Waals surface area contributed by atoms with Gasteiger partial charge in [0.15, 0.2) is 18.1 Å². The zero-order valence-electron chi connectivity index (χ0n) is 16.3. The molecule has 0 fully saturated rings. The first-order chi connectivity index (χ1) is 13.8. The van der Waals surface area contributed by atoms with Crippen molar-refractivity contribution in [1.82, 2.24) is 10.3 Å². The van der Waals surface area contributed by atoms with E-state index in [1.165, 1.54) is 29.3 Å². The number of hydrazone groups is 1. The first kappa shape index (κ1) is 22.0. The number of carbonyl (C=O) groups excluding carboxylic acids is 2. The zero-order valence-corrected chi connectivity index (χ0v) is 17.1. The Morgan fingerprint density at radius 2 is 1.93 bits per heavy atom. The second kappa shape index (κ2) is 10.3. The highest BCUT2D eigenvalue weighted by Gasteiger charge is 2.12. The van der Waals surface area contributed by atoms with E-state index >= 15 is 0 Å². The summed E-state index contributed by atoms with van der Waals surface area (Å²) in [6.07, 6.45) is 1.41. The fourth-order valence-corrected chi connectivity index (χ4v) is 2.35. The summed E-state index contributed by atoms with van der Waals surface area (Å²) in [5, 5.41) is 13.9. The van der Waals surface area contributed by atoms with Crippen molar-refractivity contribution in [2.24, 2.45) is 5.10 Å². The number of phenolic OH excluding ortho intramolecular Hbond substituents is 1. The zero-order chi connectivity index (χ0) is 21.4. The average Bonchev–Trinajstić information content (AvgIpc) is 2.69. The Labute approximate surface area is 173 Å². The number of aromatic hydroxyl groups is 1. The molecule has 2 N–H and O–H groups in total. The second-order valence-electron chi connectivity index (χ2n) is 6.08. The monoisotopic (exact) mass is 419 g/mol. The topological polar surface area (TPSA) is 100 Å². The van der Waals surface area contributed by atoms with Crippen LogP contribution in [0, 0.1) is 0 Å². The number of nitrogens with zero attached hydrogens (tertiary/aromatic N) is 2. The van der Waals surface area contributed by atoms with E-state index in [-0.39, 0.29) is 23.8 Å². The third-order valence-electron chi connectivity index (χ3n) is 3.70. The molecule has 0 aliphatic carbocycles. The Balaban J connectivity index is 2.08. The van der Waals surface area contributed by atoms with Crippen LogP contribution in [0.3, 0.4) is 0 Å². The number of halogens is 1. The minimum atomic E-state index is -0.603. The van der Waals surface area contributed by atoms with Gasteiger partial charge in [-0.3, -0.25) is 9.59 Å². The van der Waals surface area contributed by atoms with Crippen LogP contribution in [0.5, 0.6) is 17.2 Å². The third-order valence-corrected chi connectivity index (χ3v) is 3.94. The molecule has 2 amide bonds. The van der Waals surface area contributed by atoms with Gasteiger partial charge in [-0.05, 0) is 48.9 Å². The van der Waals surface area contributed by atoms with Crippen LogP contribution in [-0.4, -0.2) is 55.3 Å². The van der Waals surface area contributed by atoms with Crippen LogP contribution >= 0.6 is 11.6 Å². The standard InChI is InChI=1S/C20H22ClN3O5/c1-4-28-18-9-13(5-8-17(18)29-12-19(26)24(2)3)11-22-23-20(27)15-10-14(21)6-7-16(15)25/h5-11,25H,4,12H2,1-3H3,(H,23,27)/b22-11-. The number of ether oxygens (including phenoxy) is 2. The Morgan fingerprint density at radius 1 is 1.17 bits per heavy atom. The quantitative estimate of drug-likeness (QED) is 0.506. The highest BCUT2D eigenvalue weighted by atomic mass is 35.5. The molecule has 0 heterocycles. The van der Waals surface area contributed by atoms with Gasteiger partial charge < -0.3 is 19.5 Å². The van der Waals surface area contributed by atoms with Gasteiger partial charge in [-0.25, -0.2) is 5.43 Å². The lowest BCUT2D eigenvalue weighted by molar-refractivity contribution is -0.130. The molecule has 154 valence electrons. The minimum absolute atomic E-state index is 0.0129. The van der Waals surface area contributed by atoms with Crippen molar-refractivity contribution in [3.63, 3.8) is 0 Å². The highest BCUT2D eigenvalue weighted by molar-refractivity contribution is 6.31. The van der Waals surface area contributed by atoms with Gasteiger partial charge in [0.05, 0.1) is 18.4 Å². The highest BCUT2D eigenvalue weighted by Crippen LogP contribution is 2.28. The molecule has 0 aliphatic heterocycles. The van der Waals surface area contributed by atoms with Gasteiger partial charge in [-0.2, -0.15) is 5.10 Å². The van der Waals surface area contributed by atoms with Gasteiger partial charge in [0.25, 0.3) is 11.8 Å². The number of phenols is 1. The summed E-state index contributed by atoms with van der Waals surface area (Å²) >= 11 is 5.84. The van der Waals surface area contributed by atoms with Gasteiger partial charge in [-0.1, -0.05) is 11.6 Å². The molecule has 2 rings (SSSR count). The smallest absolute Gasteiger partial charge is 0.275 e. The maximum Gasteiger partial charge on any atom is 0.275 e. The number of nitrogens with one attached hydrogen (secondary N) is 1. The van der Waals surface area contributed by atoms with E-state index in [0.29, 0.717) is 28.7 Å². The molecule has 29 heavy (non-hydrogen) atoms. The van der Waals surface area contributed by atoms with Crippen LogP contribution in [0.1, 0.15) is 22.8 Å². The van der Waals surface area contributed by atoms with Gasteiger partial charge in [0.1, 0.15) is 5.75 Å². The lowest BCUT2D eigenvalue weighted by Gasteiger charge is -2.14. The molecular weight excluding hydrogens is 398 g/mol. The molecule has 0 spiro atoms. The summed E-state index contributed by atoms with van der Waals surface area (Å²) in [6, 6.07) is 9.17. The second-order valence-corrected chi connectivity index (χ2v) is 6.51. The molecule has 2 aromatic carbocycles. The fraction of sp³-hybridized carbons (Fsp3) is 0.250. The Bertz CT molecular complexity index is 915. The predicted octanol–water partition coefficient (Wildman–Crippen LogP) is 2.68.